The number of aliphatic carboxylic acids is 1. The van der Waals surface area contributed by atoms with Crippen LogP contribution >= 0.6 is 0 Å². The number of aromatic nitrogens is 2. The first-order valence-corrected chi connectivity index (χ1v) is 4.53. The second-order valence-electron chi connectivity index (χ2n) is 3.92. The highest BCUT2D eigenvalue weighted by Crippen LogP contribution is 2.42. The minimum atomic E-state index is -0.850. The van der Waals surface area contributed by atoms with Crippen LogP contribution < -0.4 is 5.73 Å². The Balaban J connectivity index is 2.39. The minimum Gasteiger partial charge on any atom is -0.480 e. The zero-order valence-corrected chi connectivity index (χ0v) is 7.97. The van der Waals surface area contributed by atoms with Gasteiger partial charge in [0.1, 0.15) is 11.2 Å². The number of hydrogen-bond acceptors (Lipinski definition) is 3. The average molecular weight is 195 g/mol. The number of aryl methyl sites for hydroxylation is 1. The Bertz CT molecular complexity index is 366. The average Bonchev–Trinajstić information content (AvgIpc) is 2.45. The fourth-order valence-electron chi connectivity index (χ4n) is 2.11. The molecule has 1 fully saturated rings. The summed E-state index contributed by atoms with van der Waals surface area (Å²) < 4.78 is 1.75. The van der Waals surface area contributed by atoms with Gasteiger partial charge in [0.2, 0.25) is 0 Å². The van der Waals surface area contributed by atoms with E-state index in [1.54, 1.807) is 24.0 Å². The topological polar surface area (TPSA) is 81.1 Å². The molecule has 1 saturated carbocycles. The van der Waals surface area contributed by atoms with Crippen LogP contribution in [0.1, 0.15) is 18.7 Å². The Morgan fingerprint density at radius 1 is 1.79 bits per heavy atom. The second-order valence-corrected chi connectivity index (χ2v) is 3.92. The molecule has 1 aliphatic carbocycles. The quantitative estimate of drug-likeness (QED) is 0.688. The van der Waals surface area contributed by atoms with Crippen LogP contribution in [0.25, 0.3) is 0 Å². The van der Waals surface area contributed by atoms with Crippen LogP contribution in [-0.2, 0) is 17.3 Å². The van der Waals surface area contributed by atoms with E-state index in [4.69, 9.17) is 5.73 Å². The summed E-state index contributed by atoms with van der Waals surface area (Å²) >= 11 is 0. The first kappa shape index (κ1) is 9.21. The predicted octanol–water partition coefficient (Wildman–Crippen LogP) is -0.136. The highest BCUT2D eigenvalue weighted by molar-refractivity contribution is 5.81. The first-order valence-electron chi connectivity index (χ1n) is 4.53. The molecule has 0 spiro atoms. The van der Waals surface area contributed by atoms with Gasteiger partial charge in [-0.1, -0.05) is 0 Å². The predicted molar refractivity (Wildman–Crippen MR) is 49.7 cm³/mol. The molecule has 76 valence electrons. The third-order valence-electron chi connectivity index (χ3n) is 2.88. The van der Waals surface area contributed by atoms with Crippen LogP contribution in [0.4, 0.5) is 0 Å². The van der Waals surface area contributed by atoms with E-state index in [-0.39, 0.29) is 6.04 Å². The van der Waals surface area contributed by atoms with E-state index < -0.39 is 11.4 Å². The highest BCUT2D eigenvalue weighted by atomic mass is 16.4. The molecule has 0 unspecified atom stereocenters. The van der Waals surface area contributed by atoms with Crippen molar-refractivity contribution in [2.24, 2.45) is 12.8 Å². The van der Waals surface area contributed by atoms with E-state index in [0.29, 0.717) is 18.7 Å². The van der Waals surface area contributed by atoms with Crippen molar-refractivity contribution < 1.29 is 9.90 Å². The molecule has 2 rings (SSSR count). The van der Waals surface area contributed by atoms with E-state index in [9.17, 15) is 9.90 Å². The van der Waals surface area contributed by atoms with Gasteiger partial charge in [-0.2, -0.15) is 0 Å². The molecule has 5 nitrogen and oxygen atoms in total. The van der Waals surface area contributed by atoms with E-state index in [2.05, 4.69) is 4.98 Å². The number of carboxylic acid groups (broad SMARTS) is 1. The molecule has 0 atom stereocenters. The van der Waals surface area contributed by atoms with Gasteiger partial charge in [-0.25, -0.2) is 4.98 Å². The van der Waals surface area contributed by atoms with Crippen molar-refractivity contribution in [1.82, 2.24) is 9.55 Å². The Kier molecular flexibility index (Phi) is 1.85. The number of nitrogens with two attached hydrogens (primary N) is 1. The van der Waals surface area contributed by atoms with Crippen LogP contribution in [0.15, 0.2) is 12.4 Å². The molecule has 0 aromatic carbocycles. The maximum absolute atomic E-state index is 11.2. The van der Waals surface area contributed by atoms with Gasteiger partial charge in [0, 0.05) is 25.5 Å². The minimum absolute atomic E-state index is 0.0113. The monoisotopic (exact) mass is 195 g/mol. The SMILES string of the molecule is Cn1ccnc1C1(C(=O)O)CC(N)C1. The van der Waals surface area contributed by atoms with Gasteiger partial charge in [0.15, 0.2) is 0 Å². The summed E-state index contributed by atoms with van der Waals surface area (Å²) in [7, 11) is 1.80. The first-order chi connectivity index (χ1) is 6.56. The van der Waals surface area contributed by atoms with Crippen molar-refractivity contribution >= 4 is 5.97 Å². The third kappa shape index (κ3) is 1.05. The number of imidazole rings is 1. The van der Waals surface area contributed by atoms with Gasteiger partial charge in [-0.15, -0.1) is 0 Å². The van der Waals surface area contributed by atoms with Crippen LogP contribution in [0, 0.1) is 0 Å². The molecule has 0 saturated heterocycles. The molecule has 1 aromatic rings. The van der Waals surface area contributed by atoms with Crippen molar-refractivity contribution in [1.29, 1.82) is 0 Å². The van der Waals surface area contributed by atoms with Crippen LogP contribution in [-0.4, -0.2) is 26.7 Å². The molecule has 0 bridgehead atoms. The standard InChI is InChI=1S/C9H13N3O2/c1-12-3-2-11-7(12)9(8(13)14)4-6(10)5-9/h2-3,6H,4-5,10H2,1H3,(H,13,14). The fraction of sp³-hybridized carbons (Fsp3) is 0.556. The molecule has 1 aromatic heterocycles. The van der Waals surface area contributed by atoms with Crippen LogP contribution in [0.5, 0.6) is 0 Å². The second kappa shape index (κ2) is 2.81. The van der Waals surface area contributed by atoms with Crippen molar-refractivity contribution in [2.75, 3.05) is 0 Å². The molecule has 1 heterocycles. The normalized spacial score (nSPS) is 31.1. The lowest BCUT2D eigenvalue weighted by molar-refractivity contribution is -0.148. The summed E-state index contributed by atoms with van der Waals surface area (Å²) in [5.74, 6) is -0.222. The molecule has 0 radical (unpaired) electrons. The Hall–Kier alpha value is -1.36. The molecule has 0 aliphatic heterocycles. The number of nitrogens with zero attached hydrogens (tertiary/aromatic N) is 2. The van der Waals surface area contributed by atoms with Gasteiger partial charge in [-0.3, -0.25) is 4.79 Å². The lowest BCUT2D eigenvalue weighted by Crippen LogP contribution is -2.55. The molecule has 5 heteroatoms. The number of carbonyl (C=O) groups is 1. The van der Waals surface area contributed by atoms with Gasteiger partial charge in [-0.05, 0) is 12.8 Å². The van der Waals surface area contributed by atoms with E-state index >= 15 is 0 Å². The summed E-state index contributed by atoms with van der Waals surface area (Å²) in [5.41, 5.74) is 4.80. The molecule has 3 N–H and O–H groups in total. The summed E-state index contributed by atoms with van der Waals surface area (Å²) in [5, 5.41) is 9.19. The largest absolute Gasteiger partial charge is 0.480 e. The molecule has 1 aliphatic rings. The summed E-state index contributed by atoms with van der Waals surface area (Å²) in [4.78, 5) is 15.3. The Morgan fingerprint density at radius 3 is 2.79 bits per heavy atom. The molecular weight excluding hydrogens is 182 g/mol. The number of hydrogen-bond donors (Lipinski definition) is 2. The third-order valence-corrected chi connectivity index (χ3v) is 2.88. The Morgan fingerprint density at radius 2 is 2.43 bits per heavy atom. The molecular formula is C9H13N3O2. The van der Waals surface area contributed by atoms with Gasteiger partial charge >= 0.3 is 5.97 Å². The highest BCUT2D eigenvalue weighted by Gasteiger charge is 2.53. The maximum atomic E-state index is 11.2. The molecule has 14 heavy (non-hydrogen) atoms. The van der Waals surface area contributed by atoms with E-state index in [0.717, 1.165) is 0 Å². The maximum Gasteiger partial charge on any atom is 0.317 e. The van der Waals surface area contributed by atoms with Crippen LogP contribution in [0.3, 0.4) is 0 Å². The lowest BCUT2D eigenvalue weighted by Gasteiger charge is -2.41. The fourth-order valence-corrected chi connectivity index (χ4v) is 2.11. The van der Waals surface area contributed by atoms with Crippen molar-refractivity contribution in [3.8, 4) is 0 Å². The van der Waals surface area contributed by atoms with Crippen molar-refractivity contribution in [2.45, 2.75) is 24.3 Å². The summed E-state index contributed by atoms with van der Waals surface area (Å²) in [6.45, 7) is 0. The number of rotatable bonds is 2. The van der Waals surface area contributed by atoms with E-state index in [1.165, 1.54) is 0 Å². The number of carboxylic acids is 1. The van der Waals surface area contributed by atoms with Gasteiger partial charge in [0.25, 0.3) is 0 Å². The van der Waals surface area contributed by atoms with Crippen molar-refractivity contribution in [3.63, 3.8) is 0 Å². The zero-order chi connectivity index (χ0) is 10.3. The van der Waals surface area contributed by atoms with Crippen molar-refractivity contribution in [3.05, 3.63) is 18.2 Å². The van der Waals surface area contributed by atoms with Crippen LogP contribution in [0.2, 0.25) is 0 Å². The van der Waals surface area contributed by atoms with Gasteiger partial charge in [0.05, 0.1) is 0 Å². The van der Waals surface area contributed by atoms with E-state index in [1.807, 2.05) is 0 Å². The van der Waals surface area contributed by atoms with Gasteiger partial charge < -0.3 is 15.4 Å². The summed E-state index contributed by atoms with van der Waals surface area (Å²) in [6, 6.07) is -0.0113. The Labute approximate surface area is 81.5 Å². The summed E-state index contributed by atoms with van der Waals surface area (Å²) in [6.07, 6.45) is 4.33. The molecule has 0 amide bonds. The smallest absolute Gasteiger partial charge is 0.317 e. The zero-order valence-electron chi connectivity index (χ0n) is 7.97. The lowest BCUT2D eigenvalue weighted by atomic mass is 9.65.